The SMILES string of the molecule is C=Cc1ccccc1.C[N+](C)(C)Cc1ccccc1.[Cl-]. The Morgan fingerprint density at radius 2 is 1.30 bits per heavy atom. The molecule has 0 spiro atoms. The van der Waals surface area contributed by atoms with Crippen molar-refractivity contribution >= 4 is 6.08 Å². The van der Waals surface area contributed by atoms with Crippen molar-refractivity contribution in [1.29, 1.82) is 0 Å². The van der Waals surface area contributed by atoms with Crippen molar-refractivity contribution in [2.75, 3.05) is 21.1 Å². The minimum atomic E-state index is 0. The van der Waals surface area contributed by atoms with Gasteiger partial charge in [0.15, 0.2) is 0 Å². The molecular weight excluding hydrogens is 266 g/mol. The van der Waals surface area contributed by atoms with Crippen LogP contribution in [0.3, 0.4) is 0 Å². The van der Waals surface area contributed by atoms with Crippen molar-refractivity contribution in [3.05, 3.63) is 78.4 Å². The second-order valence-electron chi connectivity index (χ2n) is 5.55. The first-order valence-corrected chi connectivity index (χ1v) is 6.53. The second-order valence-corrected chi connectivity index (χ2v) is 5.55. The van der Waals surface area contributed by atoms with Crippen molar-refractivity contribution in [2.24, 2.45) is 0 Å². The lowest BCUT2D eigenvalue weighted by Crippen LogP contribution is -3.00. The zero-order chi connectivity index (χ0) is 14.1. The molecule has 0 N–H and O–H groups in total. The van der Waals surface area contributed by atoms with E-state index in [4.69, 9.17) is 0 Å². The summed E-state index contributed by atoms with van der Waals surface area (Å²) in [6, 6.07) is 20.6. The van der Waals surface area contributed by atoms with Crippen LogP contribution in [-0.4, -0.2) is 25.6 Å². The van der Waals surface area contributed by atoms with Gasteiger partial charge < -0.3 is 16.9 Å². The molecule has 0 aromatic heterocycles. The fourth-order valence-electron chi connectivity index (χ4n) is 1.72. The lowest BCUT2D eigenvalue weighted by Gasteiger charge is -2.23. The van der Waals surface area contributed by atoms with Crippen LogP contribution < -0.4 is 12.4 Å². The molecule has 0 aliphatic heterocycles. The van der Waals surface area contributed by atoms with Gasteiger partial charge in [0.2, 0.25) is 0 Å². The standard InChI is InChI=1S/C10H16N.C8H8.ClH/c1-11(2,3)9-10-7-5-4-6-8-10;1-2-8-6-4-3-5-7-8;/h4-8H,9H2,1-3H3;2-7H,1H2;1H/q+1;;/p-1. The minimum Gasteiger partial charge on any atom is -1.00 e. The highest BCUT2D eigenvalue weighted by Gasteiger charge is 2.06. The summed E-state index contributed by atoms with van der Waals surface area (Å²) in [6.45, 7) is 4.73. The first kappa shape index (κ1) is 18.4. The quantitative estimate of drug-likeness (QED) is 0.746. The van der Waals surface area contributed by atoms with Crippen LogP contribution in [0.4, 0.5) is 0 Å². The third kappa shape index (κ3) is 8.52. The molecule has 0 unspecified atom stereocenters. The van der Waals surface area contributed by atoms with E-state index >= 15 is 0 Å². The van der Waals surface area contributed by atoms with E-state index in [2.05, 4.69) is 58.1 Å². The van der Waals surface area contributed by atoms with Gasteiger partial charge in [-0.2, -0.15) is 0 Å². The summed E-state index contributed by atoms with van der Waals surface area (Å²) in [7, 11) is 6.60. The van der Waals surface area contributed by atoms with Gasteiger partial charge in [0.1, 0.15) is 6.54 Å². The van der Waals surface area contributed by atoms with E-state index in [1.807, 2.05) is 36.4 Å². The number of hydrogen-bond acceptors (Lipinski definition) is 0. The Hall–Kier alpha value is -1.57. The molecule has 0 aliphatic carbocycles. The maximum absolute atomic E-state index is 3.63. The Morgan fingerprint density at radius 1 is 0.850 bits per heavy atom. The molecule has 0 radical (unpaired) electrons. The first-order valence-electron chi connectivity index (χ1n) is 6.53. The van der Waals surface area contributed by atoms with E-state index in [0.717, 1.165) is 11.0 Å². The Bertz CT molecular complexity index is 472. The number of rotatable bonds is 3. The van der Waals surface area contributed by atoms with Crippen LogP contribution in [0.2, 0.25) is 0 Å². The van der Waals surface area contributed by atoms with E-state index in [0.29, 0.717) is 0 Å². The summed E-state index contributed by atoms with van der Waals surface area (Å²) in [4.78, 5) is 0. The van der Waals surface area contributed by atoms with E-state index in [-0.39, 0.29) is 12.4 Å². The van der Waals surface area contributed by atoms with Crippen molar-refractivity contribution in [2.45, 2.75) is 6.54 Å². The third-order valence-corrected chi connectivity index (χ3v) is 2.54. The third-order valence-electron chi connectivity index (χ3n) is 2.54. The van der Waals surface area contributed by atoms with Crippen molar-refractivity contribution in [3.63, 3.8) is 0 Å². The Labute approximate surface area is 129 Å². The van der Waals surface area contributed by atoms with E-state index in [1.165, 1.54) is 11.1 Å². The first-order chi connectivity index (χ1) is 9.01. The lowest BCUT2D eigenvalue weighted by molar-refractivity contribution is -0.884. The molecule has 0 saturated carbocycles. The number of benzene rings is 2. The van der Waals surface area contributed by atoms with Gasteiger partial charge >= 0.3 is 0 Å². The normalized spacial score (nSPS) is 9.75. The van der Waals surface area contributed by atoms with Gasteiger partial charge in [0.05, 0.1) is 21.1 Å². The molecule has 0 bridgehead atoms. The van der Waals surface area contributed by atoms with E-state index in [9.17, 15) is 0 Å². The molecular formula is C18H24ClN. The number of quaternary nitrogens is 1. The average Bonchev–Trinajstić information content (AvgIpc) is 2.40. The monoisotopic (exact) mass is 289 g/mol. The molecule has 108 valence electrons. The van der Waals surface area contributed by atoms with Gasteiger partial charge in [-0.25, -0.2) is 0 Å². The molecule has 0 amide bonds. The predicted molar refractivity (Wildman–Crippen MR) is 84.7 cm³/mol. The second kappa shape index (κ2) is 9.35. The van der Waals surface area contributed by atoms with Crippen LogP contribution in [0.5, 0.6) is 0 Å². The fourth-order valence-corrected chi connectivity index (χ4v) is 1.72. The molecule has 2 aromatic rings. The van der Waals surface area contributed by atoms with Crippen molar-refractivity contribution in [1.82, 2.24) is 0 Å². The maximum Gasteiger partial charge on any atom is 0.104 e. The van der Waals surface area contributed by atoms with Gasteiger partial charge in [0.25, 0.3) is 0 Å². The Morgan fingerprint density at radius 3 is 1.65 bits per heavy atom. The number of halogens is 1. The highest BCUT2D eigenvalue weighted by atomic mass is 35.5. The summed E-state index contributed by atoms with van der Waals surface area (Å²) in [5.74, 6) is 0. The highest BCUT2D eigenvalue weighted by molar-refractivity contribution is 5.45. The van der Waals surface area contributed by atoms with Crippen LogP contribution in [0, 0.1) is 0 Å². The maximum atomic E-state index is 3.63. The average molecular weight is 290 g/mol. The van der Waals surface area contributed by atoms with Crippen molar-refractivity contribution < 1.29 is 16.9 Å². The van der Waals surface area contributed by atoms with Crippen LogP contribution >= 0.6 is 0 Å². The molecule has 2 aromatic carbocycles. The van der Waals surface area contributed by atoms with Gasteiger partial charge in [-0.1, -0.05) is 73.3 Å². The number of nitrogens with zero attached hydrogens (tertiary/aromatic N) is 1. The van der Waals surface area contributed by atoms with Crippen molar-refractivity contribution in [3.8, 4) is 0 Å². The molecule has 1 nitrogen and oxygen atoms in total. The smallest absolute Gasteiger partial charge is 0.104 e. The Kier molecular flexibility index (Phi) is 8.62. The summed E-state index contributed by atoms with van der Waals surface area (Å²) in [6.07, 6.45) is 1.83. The largest absolute Gasteiger partial charge is 1.00 e. The molecule has 0 heterocycles. The summed E-state index contributed by atoms with van der Waals surface area (Å²) < 4.78 is 0.990. The lowest BCUT2D eigenvalue weighted by atomic mass is 10.2. The summed E-state index contributed by atoms with van der Waals surface area (Å²) >= 11 is 0. The summed E-state index contributed by atoms with van der Waals surface area (Å²) in [5, 5.41) is 0. The minimum absolute atomic E-state index is 0. The molecule has 2 rings (SSSR count). The zero-order valence-electron chi connectivity index (χ0n) is 12.6. The van der Waals surface area contributed by atoms with E-state index in [1.54, 1.807) is 0 Å². The van der Waals surface area contributed by atoms with Gasteiger partial charge in [-0.3, -0.25) is 0 Å². The Balaban J connectivity index is 0.000000359. The van der Waals surface area contributed by atoms with E-state index < -0.39 is 0 Å². The molecule has 20 heavy (non-hydrogen) atoms. The highest BCUT2D eigenvalue weighted by Crippen LogP contribution is 2.05. The fraction of sp³-hybridized carbons (Fsp3) is 0.222. The van der Waals surface area contributed by atoms with Crippen LogP contribution in [0.25, 0.3) is 6.08 Å². The summed E-state index contributed by atoms with van der Waals surface area (Å²) in [5.41, 5.74) is 2.58. The van der Waals surface area contributed by atoms with Crippen LogP contribution in [0.1, 0.15) is 11.1 Å². The van der Waals surface area contributed by atoms with Gasteiger partial charge in [-0.15, -0.1) is 0 Å². The number of hydrogen-bond donors (Lipinski definition) is 0. The topological polar surface area (TPSA) is 0 Å². The van der Waals surface area contributed by atoms with Gasteiger partial charge in [-0.05, 0) is 5.56 Å². The van der Waals surface area contributed by atoms with Crippen LogP contribution in [0.15, 0.2) is 67.2 Å². The predicted octanol–water partition coefficient (Wildman–Crippen LogP) is 1.23. The molecule has 0 atom stereocenters. The molecule has 2 heteroatoms. The molecule has 0 saturated heterocycles. The van der Waals surface area contributed by atoms with Gasteiger partial charge in [0, 0.05) is 5.56 Å². The molecule has 0 fully saturated rings. The van der Waals surface area contributed by atoms with Crippen LogP contribution in [-0.2, 0) is 6.54 Å². The zero-order valence-corrected chi connectivity index (χ0v) is 13.3. The molecule has 0 aliphatic rings.